The fourth-order valence-corrected chi connectivity index (χ4v) is 2.62. The van der Waals surface area contributed by atoms with E-state index >= 15 is 0 Å². The van der Waals surface area contributed by atoms with Crippen molar-refractivity contribution in [3.63, 3.8) is 0 Å². The summed E-state index contributed by atoms with van der Waals surface area (Å²) < 4.78 is 5.06. The normalized spacial score (nSPS) is 17.2. The van der Waals surface area contributed by atoms with Gasteiger partial charge in [-0.25, -0.2) is 4.79 Å². The number of carbonyl (C=O) groups excluding carboxylic acids is 3. The van der Waals surface area contributed by atoms with Crippen molar-refractivity contribution in [1.29, 1.82) is 0 Å². The number of hydrogen-bond donors (Lipinski definition) is 1. The highest BCUT2D eigenvalue weighted by Crippen LogP contribution is 2.22. The summed E-state index contributed by atoms with van der Waals surface area (Å²) in [6, 6.07) is 6.67. The lowest BCUT2D eigenvalue weighted by Crippen LogP contribution is -2.33. The van der Waals surface area contributed by atoms with E-state index in [9.17, 15) is 14.4 Å². The number of anilines is 1. The zero-order valence-electron chi connectivity index (χ0n) is 14.4. The second-order valence-corrected chi connectivity index (χ2v) is 6.24. The zero-order valence-corrected chi connectivity index (χ0v) is 14.4. The van der Waals surface area contributed by atoms with Crippen LogP contribution in [0.2, 0.25) is 0 Å². The number of benzene rings is 1. The molecule has 1 aliphatic rings. The van der Waals surface area contributed by atoms with E-state index in [1.54, 1.807) is 29.2 Å². The molecule has 0 saturated carbocycles. The first kappa shape index (κ1) is 18.0. The molecule has 0 radical (unpaired) electrons. The van der Waals surface area contributed by atoms with Crippen LogP contribution in [0.15, 0.2) is 24.3 Å². The van der Waals surface area contributed by atoms with Crippen molar-refractivity contribution >= 4 is 23.5 Å². The fourth-order valence-electron chi connectivity index (χ4n) is 2.62. The van der Waals surface area contributed by atoms with Gasteiger partial charge >= 0.3 is 5.97 Å². The summed E-state index contributed by atoms with van der Waals surface area (Å²) in [5.74, 6) is -0.871. The molecule has 1 atom stereocenters. The number of likely N-dealkylation sites (tertiary alicyclic amines) is 1. The number of hydrogen-bond acceptors (Lipinski definition) is 4. The molecule has 0 aromatic heterocycles. The predicted octanol–water partition coefficient (Wildman–Crippen LogP) is 2.45. The number of rotatable bonds is 6. The Balaban J connectivity index is 1.93. The van der Waals surface area contributed by atoms with E-state index in [0.717, 1.165) is 6.42 Å². The summed E-state index contributed by atoms with van der Waals surface area (Å²) in [6.45, 7) is 6.65. The summed E-state index contributed by atoms with van der Waals surface area (Å²) in [5, 5.41) is 2.80. The van der Waals surface area contributed by atoms with Crippen molar-refractivity contribution in [3.8, 4) is 0 Å². The molecule has 0 spiro atoms. The molecule has 1 saturated heterocycles. The Labute approximate surface area is 142 Å². The van der Waals surface area contributed by atoms with Gasteiger partial charge in [-0.3, -0.25) is 9.59 Å². The molecular formula is C18H24N2O4. The number of esters is 1. The number of nitrogens with zero attached hydrogens (tertiary/aromatic N) is 1. The van der Waals surface area contributed by atoms with Crippen LogP contribution in [0.5, 0.6) is 0 Å². The average Bonchev–Trinajstić information content (AvgIpc) is 2.95. The smallest absolute Gasteiger partial charge is 0.338 e. The first-order valence-corrected chi connectivity index (χ1v) is 8.30. The number of amides is 2. The van der Waals surface area contributed by atoms with Gasteiger partial charge in [0.25, 0.3) is 0 Å². The number of ether oxygens (including phenoxy) is 1. The average molecular weight is 332 g/mol. The van der Waals surface area contributed by atoms with Gasteiger partial charge in [0.15, 0.2) is 0 Å². The van der Waals surface area contributed by atoms with Gasteiger partial charge in [-0.15, -0.1) is 0 Å². The van der Waals surface area contributed by atoms with Crippen LogP contribution in [0.25, 0.3) is 0 Å². The molecule has 1 fully saturated rings. The van der Waals surface area contributed by atoms with Crippen LogP contribution in [-0.4, -0.2) is 41.9 Å². The van der Waals surface area contributed by atoms with Gasteiger partial charge < -0.3 is 15.0 Å². The van der Waals surface area contributed by atoms with E-state index < -0.39 is 0 Å². The van der Waals surface area contributed by atoms with Crippen molar-refractivity contribution < 1.29 is 19.1 Å². The van der Waals surface area contributed by atoms with Crippen LogP contribution in [0, 0.1) is 5.92 Å². The summed E-state index contributed by atoms with van der Waals surface area (Å²) in [7, 11) is 0. The Morgan fingerprint density at radius 1 is 1.29 bits per heavy atom. The van der Waals surface area contributed by atoms with Crippen LogP contribution in [0.3, 0.4) is 0 Å². The Morgan fingerprint density at radius 2 is 1.96 bits per heavy atom. The minimum Gasteiger partial charge on any atom is -0.462 e. The molecule has 130 valence electrons. The summed E-state index contributed by atoms with van der Waals surface area (Å²) >= 11 is 0. The van der Waals surface area contributed by atoms with Crippen LogP contribution in [0.1, 0.15) is 44.0 Å². The highest BCUT2D eigenvalue weighted by Gasteiger charge is 2.35. The summed E-state index contributed by atoms with van der Waals surface area (Å²) in [4.78, 5) is 37.6. The standard InChI is InChI=1S/C18H24N2O4/c1-4-9-24-18(23)13-5-7-15(8-6-13)19-17(22)14-10-16(21)20(11-14)12(2)3/h5-8,12,14H,4,9-11H2,1-3H3,(H,19,22)/t14-/m1/s1. The maximum Gasteiger partial charge on any atom is 0.338 e. The monoisotopic (exact) mass is 332 g/mol. The third-order valence-electron chi connectivity index (χ3n) is 3.98. The quantitative estimate of drug-likeness (QED) is 0.812. The van der Waals surface area contributed by atoms with Crippen LogP contribution in [-0.2, 0) is 14.3 Å². The summed E-state index contributed by atoms with van der Waals surface area (Å²) in [5.41, 5.74) is 1.05. The largest absolute Gasteiger partial charge is 0.462 e. The Kier molecular flexibility index (Phi) is 5.95. The minimum atomic E-state index is -0.372. The van der Waals surface area contributed by atoms with Gasteiger partial charge in [-0.05, 0) is 44.5 Å². The fraction of sp³-hybridized carbons (Fsp3) is 0.500. The van der Waals surface area contributed by atoms with E-state index in [-0.39, 0.29) is 36.2 Å². The van der Waals surface area contributed by atoms with Gasteiger partial charge in [-0.2, -0.15) is 0 Å². The molecule has 2 rings (SSSR count). The third kappa shape index (κ3) is 4.34. The molecule has 6 heteroatoms. The lowest BCUT2D eigenvalue weighted by atomic mass is 10.1. The lowest BCUT2D eigenvalue weighted by Gasteiger charge is -2.20. The first-order chi connectivity index (χ1) is 11.4. The summed E-state index contributed by atoms with van der Waals surface area (Å²) in [6.07, 6.45) is 1.01. The molecule has 0 unspecified atom stereocenters. The Morgan fingerprint density at radius 3 is 2.50 bits per heavy atom. The van der Waals surface area contributed by atoms with Crippen molar-refractivity contribution in [1.82, 2.24) is 4.90 Å². The second-order valence-electron chi connectivity index (χ2n) is 6.24. The SMILES string of the molecule is CCCOC(=O)c1ccc(NC(=O)[C@@H]2CC(=O)N(C(C)C)C2)cc1. The molecule has 1 N–H and O–H groups in total. The van der Waals surface area contributed by atoms with Crippen LogP contribution < -0.4 is 5.32 Å². The molecule has 6 nitrogen and oxygen atoms in total. The molecule has 0 aliphatic carbocycles. The molecule has 1 aromatic rings. The van der Waals surface area contributed by atoms with Crippen LogP contribution >= 0.6 is 0 Å². The van der Waals surface area contributed by atoms with Crippen molar-refractivity contribution in [2.24, 2.45) is 5.92 Å². The molecule has 0 bridgehead atoms. The highest BCUT2D eigenvalue weighted by molar-refractivity contribution is 5.97. The van der Waals surface area contributed by atoms with Gasteiger partial charge in [0.05, 0.1) is 18.1 Å². The van der Waals surface area contributed by atoms with E-state index in [4.69, 9.17) is 4.74 Å². The van der Waals surface area contributed by atoms with Crippen molar-refractivity contribution in [3.05, 3.63) is 29.8 Å². The molecular weight excluding hydrogens is 308 g/mol. The third-order valence-corrected chi connectivity index (χ3v) is 3.98. The van der Waals surface area contributed by atoms with Gasteiger partial charge in [-0.1, -0.05) is 6.92 Å². The molecule has 24 heavy (non-hydrogen) atoms. The van der Waals surface area contributed by atoms with Crippen LogP contribution in [0.4, 0.5) is 5.69 Å². The lowest BCUT2D eigenvalue weighted by molar-refractivity contribution is -0.129. The van der Waals surface area contributed by atoms with Gasteiger partial charge in [0.1, 0.15) is 0 Å². The molecule has 1 aliphatic heterocycles. The van der Waals surface area contributed by atoms with Crippen molar-refractivity contribution in [2.75, 3.05) is 18.5 Å². The Hall–Kier alpha value is -2.37. The predicted molar refractivity (Wildman–Crippen MR) is 90.6 cm³/mol. The zero-order chi connectivity index (χ0) is 17.7. The Bertz CT molecular complexity index is 610. The van der Waals surface area contributed by atoms with E-state index in [1.807, 2.05) is 20.8 Å². The van der Waals surface area contributed by atoms with E-state index in [0.29, 0.717) is 24.4 Å². The topological polar surface area (TPSA) is 75.7 Å². The molecule has 2 amide bonds. The van der Waals surface area contributed by atoms with Crippen molar-refractivity contribution in [2.45, 2.75) is 39.7 Å². The first-order valence-electron chi connectivity index (χ1n) is 8.30. The number of carbonyl (C=O) groups is 3. The highest BCUT2D eigenvalue weighted by atomic mass is 16.5. The van der Waals surface area contributed by atoms with E-state index in [1.165, 1.54) is 0 Å². The molecule has 1 heterocycles. The minimum absolute atomic E-state index is 0.0131. The maximum absolute atomic E-state index is 12.3. The van der Waals surface area contributed by atoms with Gasteiger partial charge in [0.2, 0.25) is 11.8 Å². The number of nitrogens with one attached hydrogen (secondary N) is 1. The van der Waals surface area contributed by atoms with E-state index in [2.05, 4.69) is 5.32 Å². The molecule has 1 aromatic carbocycles. The van der Waals surface area contributed by atoms with Gasteiger partial charge in [0, 0.05) is 24.7 Å². The second kappa shape index (κ2) is 7.95. The maximum atomic E-state index is 12.3.